The maximum Gasteiger partial charge on any atom is 0.0201 e. The van der Waals surface area contributed by atoms with Gasteiger partial charge in [0.1, 0.15) is 0 Å². The van der Waals surface area contributed by atoms with Crippen LogP contribution in [0.4, 0.5) is 0 Å². The van der Waals surface area contributed by atoms with E-state index in [0.717, 1.165) is 25.0 Å². The van der Waals surface area contributed by atoms with Gasteiger partial charge in [0.2, 0.25) is 0 Å². The molecule has 0 N–H and O–H groups in total. The average Bonchev–Trinajstić information content (AvgIpc) is 2.38. The van der Waals surface area contributed by atoms with Crippen LogP contribution in [-0.4, -0.2) is 23.5 Å². The molecule has 2 atom stereocenters. The number of hydrogen-bond donors (Lipinski definition) is 0. The van der Waals surface area contributed by atoms with E-state index in [2.05, 4.69) is 38.3 Å². The fourth-order valence-electron chi connectivity index (χ4n) is 3.04. The van der Waals surface area contributed by atoms with E-state index in [0.29, 0.717) is 0 Å². The van der Waals surface area contributed by atoms with E-state index in [-0.39, 0.29) is 0 Å². The van der Waals surface area contributed by atoms with Crippen LogP contribution in [0.25, 0.3) is 0 Å². The number of allylic oxidation sites excluding steroid dienone is 2. The number of hydrogen-bond acceptors (Lipinski definition) is 1. The third kappa shape index (κ3) is 3.99. The highest BCUT2D eigenvalue weighted by Gasteiger charge is 2.28. The van der Waals surface area contributed by atoms with E-state index < -0.39 is 0 Å². The summed E-state index contributed by atoms with van der Waals surface area (Å²) < 4.78 is 0. The van der Waals surface area contributed by atoms with Gasteiger partial charge in [-0.2, -0.15) is 0 Å². The van der Waals surface area contributed by atoms with Crippen molar-refractivity contribution in [2.75, 3.05) is 6.54 Å². The molecule has 1 nitrogen and oxygen atoms in total. The zero-order valence-electron chi connectivity index (χ0n) is 11.9. The van der Waals surface area contributed by atoms with Crippen molar-refractivity contribution in [3.05, 3.63) is 24.3 Å². The fraction of sp³-hybridized carbons (Fsp3) is 0.750. The Balaban J connectivity index is 2.73. The van der Waals surface area contributed by atoms with Crippen LogP contribution < -0.4 is 0 Å². The Morgan fingerprint density at radius 3 is 2.18 bits per heavy atom. The molecular formula is C16H29N. The van der Waals surface area contributed by atoms with E-state index in [1.165, 1.54) is 37.7 Å². The van der Waals surface area contributed by atoms with Gasteiger partial charge in [-0.1, -0.05) is 51.5 Å². The standard InChI is InChI=1S/C16H29N/c1-5-10-14(6-2)13-17-15(7-3)11-9-12-16(17)8-4/h5,10,15-16H,1,6-9,11-13H2,2-4H3/b14-10+. The molecule has 0 spiro atoms. The fourth-order valence-corrected chi connectivity index (χ4v) is 3.04. The van der Waals surface area contributed by atoms with Crippen LogP contribution in [0.5, 0.6) is 0 Å². The third-order valence-electron chi connectivity index (χ3n) is 4.15. The zero-order valence-corrected chi connectivity index (χ0v) is 11.9. The normalized spacial score (nSPS) is 27.1. The molecule has 1 aliphatic rings. The number of rotatable bonds is 6. The van der Waals surface area contributed by atoms with Crippen LogP contribution in [0, 0.1) is 0 Å². The summed E-state index contributed by atoms with van der Waals surface area (Å²) in [5.74, 6) is 0. The highest BCUT2D eigenvalue weighted by Crippen LogP contribution is 2.27. The molecule has 1 heteroatoms. The van der Waals surface area contributed by atoms with Gasteiger partial charge in [-0.3, -0.25) is 4.90 Å². The Hall–Kier alpha value is -0.560. The quantitative estimate of drug-likeness (QED) is 0.610. The second kappa shape index (κ2) is 7.71. The lowest BCUT2D eigenvalue weighted by Crippen LogP contribution is -2.46. The summed E-state index contributed by atoms with van der Waals surface area (Å²) in [4.78, 5) is 2.75. The Morgan fingerprint density at radius 2 is 1.76 bits per heavy atom. The van der Waals surface area contributed by atoms with Gasteiger partial charge in [-0.15, -0.1) is 0 Å². The monoisotopic (exact) mass is 235 g/mol. The molecule has 0 bridgehead atoms. The van der Waals surface area contributed by atoms with Gasteiger partial charge < -0.3 is 0 Å². The Morgan fingerprint density at radius 1 is 1.18 bits per heavy atom. The molecule has 0 aromatic carbocycles. The van der Waals surface area contributed by atoms with Crippen molar-refractivity contribution in [2.24, 2.45) is 0 Å². The molecule has 1 aliphatic heterocycles. The predicted molar refractivity (Wildman–Crippen MR) is 77.3 cm³/mol. The average molecular weight is 235 g/mol. The van der Waals surface area contributed by atoms with Crippen molar-refractivity contribution in [3.63, 3.8) is 0 Å². The Kier molecular flexibility index (Phi) is 6.57. The van der Waals surface area contributed by atoms with Gasteiger partial charge in [0.05, 0.1) is 0 Å². The maximum atomic E-state index is 3.82. The lowest BCUT2D eigenvalue weighted by molar-refractivity contribution is 0.0875. The van der Waals surface area contributed by atoms with Crippen molar-refractivity contribution in [1.82, 2.24) is 4.90 Å². The first-order valence-corrected chi connectivity index (χ1v) is 7.32. The topological polar surface area (TPSA) is 3.24 Å². The van der Waals surface area contributed by atoms with Crippen molar-refractivity contribution in [2.45, 2.75) is 71.4 Å². The van der Waals surface area contributed by atoms with E-state index in [1.54, 1.807) is 0 Å². The first-order valence-electron chi connectivity index (χ1n) is 7.32. The van der Waals surface area contributed by atoms with E-state index >= 15 is 0 Å². The minimum absolute atomic E-state index is 0.800. The van der Waals surface area contributed by atoms with Gasteiger partial charge in [0.15, 0.2) is 0 Å². The molecule has 1 heterocycles. The minimum atomic E-state index is 0.800. The smallest absolute Gasteiger partial charge is 0.0201 e. The summed E-state index contributed by atoms with van der Waals surface area (Å²) in [6.45, 7) is 11.9. The van der Waals surface area contributed by atoms with Crippen LogP contribution in [0.1, 0.15) is 59.3 Å². The van der Waals surface area contributed by atoms with Crippen LogP contribution in [0.15, 0.2) is 24.3 Å². The lowest BCUT2D eigenvalue weighted by atomic mass is 9.91. The van der Waals surface area contributed by atoms with E-state index in [1.807, 2.05) is 6.08 Å². The highest BCUT2D eigenvalue weighted by molar-refractivity contribution is 5.12. The summed E-state index contributed by atoms with van der Waals surface area (Å²) in [5.41, 5.74) is 1.53. The van der Waals surface area contributed by atoms with Gasteiger partial charge in [0, 0.05) is 18.6 Å². The summed E-state index contributed by atoms with van der Waals surface area (Å²) in [6.07, 6.45) is 12.1. The van der Waals surface area contributed by atoms with Gasteiger partial charge in [-0.25, -0.2) is 0 Å². The Bertz CT molecular complexity index is 242. The SMILES string of the molecule is C=C/C=C(\CC)CN1C(CC)CCCC1CC. The molecule has 0 aromatic heterocycles. The minimum Gasteiger partial charge on any atom is -0.294 e. The number of likely N-dealkylation sites (tertiary alicyclic amines) is 1. The van der Waals surface area contributed by atoms with Crippen molar-refractivity contribution in [1.29, 1.82) is 0 Å². The molecule has 0 saturated carbocycles. The zero-order chi connectivity index (χ0) is 12.7. The van der Waals surface area contributed by atoms with Crippen LogP contribution in [0.2, 0.25) is 0 Å². The van der Waals surface area contributed by atoms with E-state index in [9.17, 15) is 0 Å². The molecule has 0 radical (unpaired) electrons. The van der Waals surface area contributed by atoms with Crippen molar-refractivity contribution >= 4 is 0 Å². The maximum absolute atomic E-state index is 3.82. The second-order valence-electron chi connectivity index (χ2n) is 5.14. The van der Waals surface area contributed by atoms with Crippen molar-refractivity contribution in [3.8, 4) is 0 Å². The molecule has 0 amide bonds. The third-order valence-corrected chi connectivity index (χ3v) is 4.15. The summed E-state index contributed by atoms with van der Waals surface area (Å²) in [7, 11) is 0. The highest BCUT2D eigenvalue weighted by atomic mass is 15.2. The predicted octanol–water partition coefficient (Wildman–Crippen LogP) is 4.55. The summed E-state index contributed by atoms with van der Waals surface area (Å²) >= 11 is 0. The molecule has 1 saturated heterocycles. The van der Waals surface area contributed by atoms with Crippen LogP contribution >= 0.6 is 0 Å². The molecule has 1 rings (SSSR count). The largest absolute Gasteiger partial charge is 0.294 e. The molecule has 17 heavy (non-hydrogen) atoms. The van der Waals surface area contributed by atoms with Gasteiger partial charge in [0.25, 0.3) is 0 Å². The Labute approximate surface area is 108 Å². The molecule has 0 aliphatic carbocycles. The molecule has 0 aromatic rings. The molecule has 2 unspecified atom stereocenters. The number of piperidine rings is 1. The van der Waals surface area contributed by atoms with Crippen LogP contribution in [-0.2, 0) is 0 Å². The molecule has 98 valence electrons. The van der Waals surface area contributed by atoms with E-state index in [4.69, 9.17) is 0 Å². The first-order chi connectivity index (χ1) is 8.26. The summed E-state index contributed by atoms with van der Waals surface area (Å²) in [5, 5.41) is 0. The van der Waals surface area contributed by atoms with Crippen LogP contribution in [0.3, 0.4) is 0 Å². The summed E-state index contributed by atoms with van der Waals surface area (Å²) in [6, 6.07) is 1.60. The van der Waals surface area contributed by atoms with Gasteiger partial charge in [-0.05, 0) is 32.1 Å². The molecule has 1 fully saturated rings. The molecular weight excluding hydrogens is 206 g/mol. The van der Waals surface area contributed by atoms with Crippen molar-refractivity contribution < 1.29 is 0 Å². The first kappa shape index (κ1) is 14.5. The van der Waals surface area contributed by atoms with Gasteiger partial charge >= 0.3 is 0 Å². The lowest BCUT2D eigenvalue weighted by Gasteiger charge is -2.42. The second-order valence-corrected chi connectivity index (χ2v) is 5.14. The number of nitrogens with zero attached hydrogens (tertiary/aromatic N) is 1.